The average molecular weight is 238 g/mol. The van der Waals surface area contributed by atoms with Gasteiger partial charge in [0.2, 0.25) is 0 Å². The van der Waals surface area contributed by atoms with Crippen LogP contribution < -0.4 is 5.73 Å². The first kappa shape index (κ1) is 11.9. The molecule has 3 atom stereocenters. The summed E-state index contributed by atoms with van der Waals surface area (Å²) in [6.07, 6.45) is 3.53. The topological polar surface area (TPSA) is 26.0 Å². The second-order valence-electron chi connectivity index (χ2n) is 5.18. The highest BCUT2D eigenvalue weighted by Gasteiger charge is 2.40. The number of benzene rings is 1. The van der Waals surface area contributed by atoms with E-state index in [1.165, 1.54) is 12.8 Å². The van der Waals surface area contributed by atoms with E-state index in [-0.39, 0.29) is 5.54 Å². The Balaban J connectivity index is 2.41. The number of nitrogens with two attached hydrogens (primary N) is 1. The summed E-state index contributed by atoms with van der Waals surface area (Å²) in [6.45, 7) is 4.55. The van der Waals surface area contributed by atoms with Crippen LogP contribution in [0.25, 0.3) is 0 Å². The average Bonchev–Trinajstić information content (AvgIpc) is 2.26. The van der Waals surface area contributed by atoms with Crippen LogP contribution in [0.1, 0.15) is 38.7 Å². The number of hydrogen-bond donors (Lipinski definition) is 1. The lowest BCUT2D eigenvalue weighted by molar-refractivity contribution is 0.144. The third-order valence-electron chi connectivity index (χ3n) is 4.29. The lowest BCUT2D eigenvalue weighted by atomic mass is 9.66. The van der Waals surface area contributed by atoms with Crippen LogP contribution in [0.3, 0.4) is 0 Å². The Morgan fingerprint density at radius 1 is 1.31 bits per heavy atom. The molecule has 0 radical (unpaired) electrons. The molecule has 0 bridgehead atoms. The Bertz CT molecular complexity index is 377. The molecule has 1 aromatic carbocycles. The van der Waals surface area contributed by atoms with Gasteiger partial charge in [-0.3, -0.25) is 0 Å². The zero-order valence-corrected chi connectivity index (χ0v) is 10.8. The molecule has 0 amide bonds. The van der Waals surface area contributed by atoms with Gasteiger partial charge in [-0.1, -0.05) is 56.5 Å². The van der Waals surface area contributed by atoms with Crippen LogP contribution in [0.5, 0.6) is 0 Å². The van der Waals surface area contributed by atoms with Crippen molar-refractivity contribution in [1.29, 1.82) is 0 Å². The first-order valence-electron chi connectivity index (χ1n) is 6.09. The van der Waals surface area contributed by atoms with Gasteiger partial charge in [0.05, 0.1) is 0 Å². The maximum atomic E-state index is 6.63. The summed E-state index contributed by atoms with van der Waals surface area (Å²) in [5.74, 6) is 1.16. The van der Waals surface area contributed by atoms with Crippen LogP contribution in [-0.4, -0.2) is 0 Å². The van der Waals surface area contributed by atoms with Gasteiger partial charge in [0.25, 0.3) is 0 Å². The maximum absolute atomic E-state index is 6.63. The van der Waals surface area contributed by atoms with E-state index < -0.39 is 0 Å². The van der Waals surface area contributed by atoms with Crippen molar-refractivity contribution in [1.82, 2.24) is 0 Å². The highest BCUT2D eigenvalue weighted by atomic mass is 35.5. The maximum Gasteiger partial charge on any atom is 0.0456 e. The van der Waals surface area contributed by atoms with Crippen LogP contribution >= 0.6 is 11.6 Å². The normalized spacial score (nSPS) is 35.0. The summed E-state index contributed by atoms with van der Waals surface area (Å²) >= 11 is 6.28. The third kappa shape index (κ3) is 1.87. The van der Waals surface area contributed by atoms with Crippen molar-refractivity contribution in [2.45, 2.75) is 38.6 Å². The summed E-state index contributed by atoms with van der Waals surface area (Å²) < 4.78 is 0. The monoisotopic (exact) mass is 237 g/mol. The van der Waals surface area contributed by atoms with Gasteiger partial charge in [0.15, 0.2) is 0 Å². The van der Waals surface area contributed by atoms with Crippen molar-refractivity contribution in [2.24, 2.45) is 17.6 Å². The van der Waals surface area contributed by atoms with Crippen molar-refractivity contribution >= 4 is 11.6 Å². The van der Waals surface area contributed by atoms with Crippen molar-refractivity contribution in [2.75, 3.05) is 0 Å². The van der Waals surface area contributed by atoms with Crippen LogP contribution in [0.15, 0.2) is 24.3 Å². The molecule has 16 heavy (non-hydrogen) atoms. The van der Waals surface area contributed by atoms with Gasteiger partial charge in [0.1, 0.15) is 0 Å². The van der Waals surface area contributed by atoms with E-state index in [0.717, 1.165) is 17.0 Å². The molecule has 0 saturated heterocycles. The lowest BCUT2D eigenvalue weighted by Gasteiger charge is -2.44. The second kappa shape index (κ2) is 4.38. The van der Waals surface area contributed by atoms with Gasteiger partial charge in [-0.2, -0.15) is 0 Å². The molecule has 0 heterocycles. The highest BCUT2D eigenvalue weighted by Crippen LogP contribution is 2.44. The van der Waals surface area contributed by atoms with Gasteiger partial charge >= 0.3 is 0 Å². The number of halogens is 1. The van der Waals surface area contributed by atoms with E-state index in [4.69, 9.17) is 17.3 Å². The first-order chi connectivity index (χ1) is 7.55. The number of hydrogen-bond acceptors (Lipinski definition) is 1. The molecule has 1 saturated carbocycles. The molecule has 88 valence electrons. The Hall–Kier alpha value is -0.530. The minimum absolute atomic E-state index is 0.240. The standard InChI is InChI=1S/C14H20ClN/c1-10-6-5-9-14(16,11(10)2)12-7-3-4-8-13(12)15/h3-4,7-8,10-11H,5-6,9,16H2,1-2H3. The third-order valence-corrected chi connectivity index (χ3v) is 4.62. The van der Waals surface area contributed by atoms with E-state index in [1.54, 1.807) is 0 Å². The molecule has 2 heteroatoms. The fourth-order valence-corrected chi connectivity index (χ4v) is 3.23. The summed E-state index contributed by atoms with van der Waals surface area (Å²) in [7, 11) is 0. The quantitative estimate of drug-likeness (QED) is 0.787. The van der Waals surface area contributed by atoms with E-state index in [2.05, 4.69) is 19.9 Å². The van der Waals surface area contributed by atoms with E-state index in [0.29, 0.717) is 11.8 Å². The van der Waals surface area contributed by atoms with Crippen LogP contribution in [0.2, 0.25) is 5.02 Å². The lowest BCUT2D eigenvalue weighted by Crippen LogP contribution is -2.48. The van der Waals surface area contributed by atoms with Crippen molar-refractivity contribution < 1.29 is 0 Å². The Kier molecular flexibility index (Phi) is 3.27. The molecule has 2 rings (SSSR count). The van der Waals surface area contributed by atoms with Crippen molar-refractivity contribution in [3.8, 4) is 0 Å². The van der Waals surface area contributed by atoms with Gasteiger partial charge in [-0.25, -0.2) is 0 Å². The Morgan fingerprint density at radius 2 is 2.00 bits per heavy atom. The van der Waals surface area contributed by atoms with E-state index >= 15 is 0 Å². The van der Waals surface area contributed by atoms with Gasteiger partial charge in [-0.15, -0.1) is 0 Å². The van der Waals surface area contributed by atoms with Gasteiger partial charge in [0, 0.05) is 10.6 Å². The van der Waals surface area contributed by atoms with Crippen LogP contribution in [0, 0.1) is 11.8 Å². The number of rotatable bonds is 1. The molecule has 0 spiro atoms. The minimum atomic E-state index is -0.240. The molecule has 0 aromatic heterocycles. The predicted molar refractivity (Wildman–Crippen MR) is 69.5 cm³/mol. The molecule has 2 N–H and O–H groups in total. The van der Waals surface area contributed by atoms with E-state index in [1.807, 2.05) is 18.2 Å². The molecule has 1 fully saturated rings. The summed E-state index contributed by atoms with van der Waals surface area (Å²) in [5, 5.41) is 0.811. The second-order valence-corrected chi connectivity index (χ2v) is 5.59. The highest BCUT2D eigenvalue weighted by molar-refractivity contribution is 6.31. The summed E-state index contributed by atoms with van der Waals surface area (Å²) in [4.78, 5) is 0. The minimum Gasteiger partial charge on any atom is -0.321 e. The molecule has 1 aliphatic rings. The Morgan fingerprint density at radius 3 is 2.69 bits per heavy atom. The SMILES string of the molecule is CC1CCCC(N)(c2ccccc2Cl)C1C. The zero-order chi connectivity index (χ0) is 11.8. The molecular formula is C14H20ClN. The van der Waals surface area contributed by atoms with Crippen LogP contribution in [-0.2, 0) is 5.54 Å². The fourth-order valence-electron chi connectivity index (χ4n) is 2.92. The molecule has 0 aliphatic heterocycles. The largest absolute Gasteiger partial charge is 0.321 e. The van der Waals surface area contributed by atoms with Gasteiger partial charge < -0.3 is 5.73 Å². The van der Waals surface area contributed by atoms with E-state index in [9.17, 15) is 0 Å². The summed E-state index contributed by atoms with van der Waals surface area (Å²) in [6, 6.07) is 8.02. The predicted octanol–water partition coefficient (Wildman–Crippen LogP) is 3.95. The molecule has 1 aromatic rings. The Labute approximate surface area is 103 Å². The molecule has 1 nitrogen and oxygen atoms in total. The fraction of sp³-hybridized carbons (Fsp3) is 0.571. The molecule has 3 unspecified atom stereocenters. The molecule has 1 aliphatic carbocycles. The van der Waals surface area contributed by atoms with Crippen molar-refractivity contribution in [3.63, 3.8) is 0 Å². The van der Waals surface area contributed by atoms with Crippen molar-refractivity contribution in [3.05, 3.63) is 34.9 Å². The molecular weight excluding hydrogens is 218 g/mol. The zero-order valence-electron chi connectivity index (χ0n) is 10.0. The van der Waals surface area contributed by atoms with Gasteiger partial charge in [-0.05, 0) is 29.9 Å². The summed E-state index contributed by atoms with van der Waals surface area (Å²) in [5.41, 5.74) is 7.51. The smallest absolute Gasteiger partial charge is 0.0456 e. The first-order valence-corrected chi connectivity index (χ1v) is 6.47. The van der Waals surface area contributed by atoms with Crippen LogP contribution in [0.4, 0.5) is 0 Å².